The third kappa shape index (κ3) is 3.41. The number of amides is 1. The standard InChI is InChI=1S/C12H8Cl2N4O2/c13-8-1-2-10(9(14)3-8)20-6-11(19)17-12-7(4-15)5-16-18-12/h1-3,5H,6H2,(H2,16,17,18,19). The Kier molecular flexibility index (Phi) is 4.45. The number of nitrogens with zero attached hydrogens (tertiary/aromatic N) is 2. The van der Waals surface area contributed by atoms with Crippen molar-refractivity contribution in [1.82, 2.24) is 10.2 Å². The van der Waals surface area contributed by atoms with Gasteiger partial charge in [-0.15, -0.1) is 0 Å². The summed E-state index contributed by atoms with van der Waals surface area (Å²) in [5.74, 6) is 0.122. The number of nitriles is 1. The predicted molar refractivity (Wildman–Crippen MR) is 73.9 cm³/mol. The lowest BCUT2D eigenvalue weighted by molar-refractivity contribution is -0.118. The van der Waals surface area contributed by atoms with Crippen LogP contribution in [0.15, 0.2) is 24.4 Å². The van der Waals surface area contributed by atoms with Crippen molar-refractivity contribution in [2.45, 2.75) is 0 Å². The van der Waals surface area contributed by atoms with Gasteiger partial charge in [0.2, 0.25) is 0 Å². The molecule has 0 atom stereocenters. The number of hydrogen-bond donors (Lipinski definition) is 2. The average molecular weight is 311 g/mol. The molecule has 0 saturated heterocycles. The van der Waals surface area contributed by atoms with Crippen LogP contribution in [0.5, 0.6) is 5.75 Å². The summed E-state index contributed by atoms with van der Waals surface area (Å²) in [4.78, 5) is 11.7. The molecule has 0 saturated carbocycles. The van der Waals surface area contributed by atoms with Gasteiger partial charge in [0.05, 0.1) is 11.2 Å². The van der Waals surface area contributed by atoms with Crippen molar-refractivity contribution in [3.8, 4) is 11.8 Å². The lowest BCUT2D eigenvalue weighted by Gasteiger charge is -2.08. The van der Waals surface area contributed by atoms with Crippen LogP contribution in [0.25, 0.3) is 0 Å². The Morgan fingerprint density at radius 3 is 3.00 bits per heavy atom. The minimum Gasteiger partial charge on any atom is -0.482 e. The second-order valence-corrected chi connectivity index (χ2v) is 4.53. The fraction of sp³-hybridized carbons (Fsp3) is 0.0833. The number of H-pyrrole nitrogens is 1. The average Bonchev–Trinajstić information content (AvgIpc) is 2.85. The van der Waals surface area contributed by atoms with Crippen LogP contribution in [-0.2, 0) is 4.79 Å². The highest BCUT2D eigenvalue weighted by Gasteiger charge is 2.10. The van der Waals surface area contributed by atoms with Crippen LogP contribution in [0, 0.1) is 11.3 Å². The smallest absolute Gasteiger partial charge is 0.263 e. The summed E-state index contributed by atoms with van der Waals surface area (Å²) < 4.78 is 5.26. The van der Waals surface area contributed by atoms with Crippen molar-refractivity contribution < 1.29 is 9.53 Å². The summed E-state index contributed by atoms with van der Waals surface area (Å²) in [5, 5.41) is 18.2. The Morgan fingerprint density at radius 2 is 2.30 bits per heavy atom. The maximum atomic E-state index is 11.7. The highest BCUT2D eigenvalue weighted by atomic mass is 35.5. The molecule has 20 heavy (non-hydrogen) atoms. The highest BCUT2D eigenvalue weighted by Crippen LogP contribution is 2.27. The molecule has 1 aromatic heterocycles. The van der Waals surface area contributed by atoms with Crippen LogP contribution in [0.1, 0.15) is 5.56 Å². The van der Waals surface area contributed by atoms with Crippen molar-refractivity contribution in [3.05, 3.63) is 40.0 Å². The van der Waals surface area contributed by atoms with E-state index >= 15 is 0 Å². The molecule has 2 aromatic rings. The van der Waals surface area contributed by atoms with Crippen LogP contribution in [-0.4, -0.2) is 22.7 Å². The molecule has 6 nitrogen and oxygen atoms in total. The van der Waals surface area contributed by atoms with E-state index in [-0.39, 0.29) is 18.0 Å². The predicted octanol–water partition coefficient (Wildman–Crippen LogP) is 2.61. The number of aromatic amines is 1. The minimum absolute atomic E-state index is 0.225. The summed E-state index contributed by atoms with van der Waals surface area (Å²) in [6.07, 6.45) is 1.31. The van der Waals surface area contributed by atoms with Crippen molar-refractivity contribution in [3.63, 3.8) is 0 Å². The second-order valence-electron chi connectivity index (χ2n) is 3.68. The first-order chi connectivity index (χ1) is 9.60. The quantitative estimate of drug-likeness (QED) is 0.908. The van der Waals surface area contributed by atoms with Gasteiger partial charge in [0, 0.05) is 5.02 Å². The van der Waals surface area contributed by atoms with E-state index in [2.05, 4.69) is 15.5 Å². The van der Waals surface area contributed by atoms with E-state index in [1.807, 2.05) is 6.07 Å². The minimum atomic E-state index is -0.447. The van der Waals surface area contributed by atoms with Gasteiger partial charge >= 0.3 is 0 Å². The number of halogens is 2. The van der Waals surface area contributed by atoms with Crippen LogP contribution >= 0.6 is 23.2 Å². The van der Waals surface area contributed by atoms with E-state index < -0.39 is 5.91 Å². The second kappa shape index (κ2) is 6.28. The maximum absolute atomic E-state index is 11.7. The number of benzene rings is 1. The van der Waals surface area contributed by atoms with Gasteiger partial charge in [0.15, 0.2) is 6.61 Å². The number of anilines is 1. The van der Waals surface area contributed by atoms with Gasteiger partial charge in [-0.25, -0.2) is 0 Å². The molecule has 8 heteroatoms. The molecule has 0 bridgehead atoms. The molecule has 0 aliphatic carbocycles. The van der Waals surface area contributed by atoms with Gasteiger partial charge in [-0.1, -0.05) is 23.2 Å². The van der Waals surface area contributed by atoms with E-state index in [1.165, 1.54) is 12.3 Å². The highest BCUT2D eigenvalue weighted by molar-refractivity contribution is 6.35. The van der Waals surface area contributed by atoms with Crippen LogP contribution in [0.2, 0.25) is 10.0 Å². The van der Waals surface area contributed by atoms with Crippen molar-refractivity contribution in [2.24, 2.45) is 0 Å². The first-order valence-corrected chi connectivity index (χ1v) is 6.17. The van der Waals surface area contributed by atoms with Crippen molar-refractivity contribution in [1.29, 1.82) is 5.26 Å². The van der Waals surface area contributed by atoms with E-state index in [0.717, 1.165) is 0 Å². The Hall–Kier alpha value is -2.23. The molecular weight excluding hydrogens is 303 g/mol. The summed E-state index contributed by atoms with van der Waals surface area (Å²) in [6, 6.07) is 6.56. The normalized spacial score (nSPS) is 9.85. The molecule has 0 fully saturated rings. The topological polar surface area (TPSA) is 90.8 Å². The van der Waals surface area contributed by atoms with Crippen molar-refractivity contribution >= 4 is 34.9 Å². The van der Waals surface area contributed by atoms with Gasteiger partial charge < -0.3 is 10.1 Å². The zero-order valence-electron chi connectivity index (χ0n) is 9.98. The maximum Gasteiger partial charge on any atom is 0.263 e. The Labute approximate surface area is 124 Å². The van der Waals surface area contributed by atoms with Gasteiger partial charge in [-0.05, 0) is 18.2 Å². The molecule has 0 unspecified atom stereocenters. The Morgan fingerprint density at radius 1 is 1.50 bits per heavy atom. The van der Waals surface area contributed by atoms with Crippen LogP contribution < -0.4 is 10.1 Å². The molecular formula is C12H8Cl2N4O2. The number of aromatic nitrogens is 2. The molecule has 0 aliphatic rings. The van der Waals surface area contributed by atoms with E-state index in [9.17, 15) is 4.79 Å². The largest absolute Gasteiger partial charge is 0.482 e. The number of ether oxygens (including phenoxy) is 1. The monoisotopic (exact) mass is 310 g/mol. The summed E-state index contributed by atoms with van der Waals surface area (Å²) in [7, 11) is 0. The fourth-order valence-corrected chi connectivity index (χ4v) is 1.84. The lowest BCUT2D eigenvalue weighted by atomic mass is 10.3. The first kappa shape index (κ1) is 14.2. The zero-order valence-corrected chi connectivity index (χ0v) is 11.5. The third-order valence-electron chi connectivity index (χ3n) is 2.28. The fourth-order valence-electron chi connectivity index (χ4n) is 1.38. The molecule has 1 aromatic carbocycles. The van der Waals surface area contributed by atoms with Gasteiger partial charge in [0.25, 0.3) is 5.91 Å². The Bertz CT molecular complexity index is 678. The van der Waals surface area contributed by atoms with Gasteiger partial charge in [0.1, 0.15) is 23.2 Å². The molecule has 0 spiro atoms. The zero-order chi connectivity index (χ0) is 14.5. The molecule has 0 radical (unpaired) electrons. The van der Waals surface area contributed by atoms with E-state index in [1.54, 1.807) is 12.1 Å². The summed E-state index contributed by atoms with van der Waals surface area (Å²) >= 11 is 11.6. The van der Waals surface area contributed by atoms with E-state index in [0.29, 0.717) is 15.8 Å². The molecule has 0 aliphatic heterocycles. The van der Waals surface area contributed by atoms with Gasteiger partial charge in [-0.3, -0.25) is 9.89 Å². The Balaban J connectivity index is 1.94. The summed E-state index contributed by atoms with van der Waals surface area (Å²) in [5.41, 5.74) is 0.239. The SMILES string of the molecule is N#Cc1cn[nH]c1NC(=O)COc1ccc(Cl)cc1Cl. The number of hydrogen-bond acceptors (Lipinski definition) is 4. The lowest BCUT2D eigenvalue weighted by Crippen LogP contribution is -2.21. The molecule has 102 valence electrons. The van der Waals surface area contributed by atoms with E-state index in [4.69, 9.17) is 33.2 Å². The van der Waals surface area contributed by atoms with Crippen molar-refractivity contribution in [2.75, 3.05) is 11.9 Å². The number of rotatable bonds is 4. The molecule has 1 amide bonds. The number of carbonyl (C=O) groups is 1. The number of nitrogens with one attached hydrogen (secondary N) is 2. The first-order valence-electron chi connectivity index (χ1n) is 5.41. The van der Waals surface area contributed by atoms with Crippen LogP contribution in [0.4, 0.5) is 5.82 Å². The molecule has 2 N–H and O–H groups in total. The van der Waals surface area contributed by atoms with Crippen LogP contribution in [0.3, 0.4) is 0 Å². The summed E-state index contributed by atoms with van der Waals surface area (Å²) in [6.45, 7) is -0.259. The molecule has 2 rings (SSSR count). The number of carbonyl (C=O) groups excluding carboxylic acids is 1. The molecule has 1 heterocycles. The van der Waals surface area contributed by atoms with Gasteiger partial charge in [-0.2, -0.15) is 10.4 Å². The third-order valence-corrected chi connectivity index (χ3v) is 2.81.